The minimum atomic E-state index is -0.773. The van der Waals surface area contributed by atoms with Gasteiger partial charge in [0.1, 0.15) is 6.61 Å². The third kappa shape index (κ3) is 31.1. The summed E-state index contributed by atoms with van der Waals surface area (Å²) in [6, 6.07) is 0. The van der Waals surface area contributed by atoms with E-state index < -0.39 is 6.10 Å². The molecule has 1 atom stereocenters. The third-order valence-corrected chi connectivity index (χ3v) is 7.45. The fraction of sp³-hybridized carbons (Fsp3) is 0.784. The fourth-order valence-corrected chi connectivity index (χ4v) is 4.80. The van der Waals surface area contributed by atoms with E-state index in [1.54, 1.807) is 0 Å². The Kier molecular flexibility index (Phi) is 32.1. The summed E-state index contributed by atoms with van der Waals surface area (Å²) in [7, 11) is 0. The first kappa shape index (κ1) is 40.1. The van der Waals surface area contributed by atoms with E-state index in [4.69, 9.17) is 9.47 Å². The molecule has 0 spiro atoms. The lowest BCUT2D eigenvalue weighted by Gasteiger charge is -2.15. The molecule has 0 amide bonds. The van der Waals surface area contributed by atoms with Crippen LogP contribution in [0, 0.1) is 0 Å². The van der Waals surface area contributed by atoms with Gasteiger partial charge in [0.05, 0.1) is 6.61 Å². The Morgan fingerprint density at radius 3 is 1.55 bits per heavy atom. The van der Waals surface area contributed by atoms with Crippen LogP contribution in [0.3, 0.4) is 0 Å². The lowest BCUT2D eigenvalue weighted by molar-refractivity contribution is -0.161. The molecule has 42 heavy (non-hydrogen) atoms. The van der Waals surface area contributed by atoms with Gasteiger partial charge in [-0.1, -0.05) is 147 Å². The lowest BCUT2D eigenvalue weighted by Crippen LogP contribution is -2.28. The van der Waals surface area contributed by atoms with Crippen molar-refractivity contribution >= 4 is 11.9 Å². The standard InChI is InChI=1S/C37H66O5/c1-3-5-7-9-11-13-15-17-18-20-21-23-25-27-29-31-36(39)41-34-35(33-38)42-37(40)32-30-28-26-24-22-19-16-14-12-10-8-6-4-2/h5,7,11,13,17-18,35,38H,3-4,6,8-10,12,14-16,19-34H2,1-2H3/b7-5-,13-11-,18-17-/t35-/m0/s1. The van der Waals surface area contributed by atoms with Crippen molar-refractivity contribution in [2.45, 2.75) is 174 Å². The molecular formula is C37H66O5. The third-order valence-electron chi connectivity index (χ3n) is 7.45. The summed E-state index contributed by atoms with van der Waals surface area (Å²) in [6.07, 6.45) is 39.1. The van der Waals surface area contributed by atoms with Crippen molar-refractivity contribution < 1.29 is 24.2 Å². The molecule has 0 aromatic carbocycles. The number of hydrogen-bond acceptors (Lipinski definition) is 5. The molecule has 0 saturated heterocycles. The van der Waals surface area contributed by atoms with Crippen LogP contribution in [-0.2, 0) is 19.1 Å². The molecule has 0 saturated carbocycles. The molecule has 5 nitrogen and oxygen atoms in total. The highest BCUT2D eigenvalue weighted by molar-refractivity contribution is 5.70. The summed E-state index contributed by atoms with van der Waals surface area (Å²) in [4.78, 5) is 24.1. The van der Waals surface area contributed by atoms with E-state index in [0.29, 0.717) is 12.8 Å². The molecule has 0 aromatic heterocycles. The summed E-state index contributed by atoms with van der Waals surface area (Å²) >= 11 is 0. The number of hydrogen-bond donors (Lipinski definition) is 1. The summed E-state index contributed by atoms with van der Waals surface area (Å²) in [5, 5.41) is 9.51. The van der Waals surface area contributed by atoms with E-state index >= 15 is 0 Å². The minimum absolute atomic E-state index is 0.0728. The molecule has 1 N–H and O–H groups in total. The van der Waals surface area contributed by atoms with E-state index in [-0.39, 0.29) is 25.2 Å². The van der Waals surface area contributed by atoms with Crippen LogP contribution in [0.1, 0.15) is 168 Å². The highest BCUT2D eigenvalue weighted by Gasteiger charge is 2.16. The number of unbranched alkanes of at least 4 members (excludes halogenated alkanes) is 17. The predicted molar refractivity (Wildman–Crippen MR) is 178 cm³/mol. The smallest absolute Gasteiger partial charge is 0.306 e. The molecule has 0 aromatic rings. The Balaban J connectivity index is 3.60. The molecule has 0 aliphatic carbocycles. The Labute approximate surface area is 259 Å². The van der Waals surface area contributed by atoms with E-state index in [1.165, 1.54) is 77.0 Å². The normalized spacial score (nSPS) is 12.5. The monoisotopic (exact) mass is 590 g/mol. The topological polar surface area (TPSA) is 72.8 Å². The molecule has 0 aliphatic heterocycles. The van der Waals surface area contributed by atoms with Crippen molar-refractivity contribution in [1.82, 2.24) is 0 Å². The van der Waals surface area contributed by atoms with Crippen molar-refractivity contribution in [3.8, 4) is 0 Å². The van der Waals surface area contributed by atoms with Crippen LogP contribution in [0.2, 0.25) is 0 Å². The average Bonchev–Trinajstić information content (AvgIpc) is 2.99. The largest absolute Gasteiger partial charge is 0.462 e. The van der Waals surface area contributed by atoms with Gasteiger partial charge in [0.25, 0.3) is 0 Å². The molecule has 0 rings (SSSR count). The highest BCUT2D eigenvalue weighted by atomic mass is 16.6. The van der Waals surface area contributed by atoms with Crippen LogP contribution < -0.4 is 0 Å². The second-order valence-electron chi connectivity index (χ2n) is 11.6. The number of aliphatic hydroxyl groups is 1. The molecule has 0 fully saturated rings. The number of esters is 2. The zero-order chi connectivity index (χ0) is 30.8. The SMILES string of the molecule is CC/C=C\C/C=C\C/C=C\CCCCCCCC(=O)OC[C@H](CO)OC(=O)CCCCCCCCCCCCCCC. The van der Waals surface area contributed by atoms with Gasteiger partial charge < -0.3 is 14.6 Å². The summed E-state index contributed by atoms with van der Waals surface area (Å²) < 4.78 is 10.6. The van der Waals surface area contributed by atoms with Crippen LogP contribution in [0.15, 0.2) is 36.5 Å². The van der Waals surface area contributed by atoms with Gasteiger partial charge in [0, 0.05) is 12.8 Å². The van der Waals surface area contributed by atoms with Gasteiger partial charge >= 0.3 is 11.9 Å². The maximum Gasteiger partial charge on any atom is 0.306 e. The maximum atomic E-state index is 12.1. The Morgan fingerprint density at radius 2 is 1.02 bits per heavy atom. The van der Waals surface area contributed by atoms with Gasteiger partial charge in [-0.25, -0.2) is 0 Å². The molecule has 0 aliphatic rings. The first-order valence-corrected chi connectivity index (χ1v) is 17.5. The van der Waals surface area contributed by atoms with Crippen molar-refractivity contribution in [2.75, 3.05) is 13.2 Å². The van der Waals surface area contributed by atoms with Crippen LogP contribution in [0.5, 0.6) is 0 Å². The van der Waals surface area contributed by atoms with E-state index in [2.05, 4.69) is 50.3 Å². The van der Waals surface area contributed by atoms with Gasteiger partial charge in [-0.3, -0.25) is 9.59 Å². The van der Waals surface area contributed by atoms with Crippen LogP contribution in [0.4, 0.5) is 0 Å². The molecule has 5 heteroatoms. The zero-order valence-corrected chi connectivity index (χ0v) is 27.5. The van der Waals surface area contributed by atoms with Crippen molar-refractivity contribution in [3.05, 3.63) is 36.5 Å². The Bertz CT molecular complexity index is 682. The summed E-state index contributed by atoms with van der Waals surface area (Å²) in [5.74, 6) is -0.610. The van der Waals surface area contributed by atoms with Gasteiger partial charge in [0.15, 0.2) is 6.10 Å². The first-order chi connectivity index (χ1) is 20.6. The van der Waals surface area contributed by atoms with Crippen LogP contribution in [0.25, 0.3) is 0 Å². The number of carbonyl (C=O) groups is 2. The molecule has 244 valence electrons. The zero-order valence-electron chi connectivity index (χ0n) is 27.5. The quantitative estimate of drug-likeness (QED) is 0.0494. The Hall–Kier alpha value is -1.88. The van der Waals surface area contributed by atoms with Gasteiger partial charge in [-0.05, 0) is 44.9 Å². The lowest BCUT2D eigenvalue weighted by atomic mass is 10.0. The summed E-state index contributed by atoms with van der Waals surface area (Å²) in [5.41, 5.74) is 0. The minimum Gasteiger partial charge on any atom is -0.462 e. The van der Waals surface area contributed by atoms with E-state index in [0.717, 1.165) is 64.2 Å². The molecule has 0 heterocycles. The maximum absolute atomic E-state index is 12.1. The second-order valence-corrected chi connectivity index (χ2v) is 11.6. The van der Waals surface area contributed by atoms with Crippen LogP contribution >= 0.6 is 0 Å². The van der Waals surface area contributed by atoms with E-state index in [1.807, 2.05) is 0 Å². The van der Waals surface area contributed by atoms with Gasteiger partial charge in [-0.2, -0.15) is 0 Å². The molecule has 0 unspecified atom stereocenters. The van der Waals surface area contributed by atoms with Crippen molar-refractivity contribution in [1.29, 1.82) is 0 Å². The average molecular weight is 591 g/mol. The highest BCUT2D eigenvalue weighted by Crippen LogP contribution is 2.14. The first-order valence-electron chi connectivity index (χ1n) is 17.5. The molecule has 0 bridgehead atoms. The van der Waals surface area contributed by atoms with Gasteiger partial charge in [-0.15, -0.1) is 0 Å². The van der Waals surface area contributed by atoms with E-state index in [9.17, 15) is 14.7 Å². The van der Waals surface area contributed by atoms with Crippen LogP contribution in [-0.4, -0.2) is 36.4 Å². The number of allylic oxidation sites excluding steroid dienone is 6. The number of carbonyl (C=O) groups excluding carboxylic acids is 2. The predicted octanol–water partition coefficient (Wildman–Crippen LogP) is 10.5. The van der Waals surface area contributed by atoms with Crippen molar-refractivity contribution in [2.24, 2.45) is 0 Å². The van der Waals surface area contributed by atoms with Gasteiger partial charge in [0.2, 0.25) is 0 Å². The number of rotatable bonds is 31. The number of aliphatic hydroxyl groups excluding tert-OH is 1. The van der Waals surface area contributed by atoms with Crippen molar-refractivity contribution in [3.63, 3.8) is 0 Å². The second kappa shape index (κ2) is 33.6. The Morgan fingerprint density at radius 1 is 0.571 bits per heavy atom. The molecular weight excluding hydrogens is 524 g/mol. The number of ether oxygens (including phenoxy) is 2. The summed E-state index contributed by atoms with van der Waals surface area (Å²) in [6.45, 7) is 4.00. The molecule has 0 radical (unpaired) electrons. The fourth-order valence-electron chi connectivity index (χ4n) is 4.80.